The number of hydrogen-bond acceptors (Lipinski definition) is 3. The molecule has 1 aromatic rings. The maximum Gasteiger partial charge on any atom is 0.307 e. The van der Waals surface area contributed by atoms with Crippen LogP contribution in [0.2, 0.25) is 0 Å². The van der Waals surface area contributed by atoms with E-state index in [1.54, 1.807) is 0 Å². The maximum atomic E-state index is 11.1. The molecule has 0 saturated heterocycles. The number of para-hydroxylation sites is 1. The molecule has 0 aromatic heterocycles. The molecule has 0 atom stereocenters. The summed E-state index contributed by atoms with van der Waals surface area (Å²) in [6.45, 7) is 2.95. The van der Waals surface area contributed by atoms with E-state index >= 15 is 0 Å². The number of hydrogen-bond donors (Lipinski definition) is 0. The molecule has 0 aliphatic carbocycles. The van der Waals surface area contributed by atoms with E-state index in [9.17, 15) is 4.79 Å². The highest BCUT2D eigenvalue weighted by Gasteiger charge is 2.04. The fraction of sp³-hybridized carbons (Fsp3) is 0.417. The predicted molar refractivity (Wildman–Crippen MR) is 61.0 cm³/mol. The Morgan fingerprint density at radius 3 is 2.60 bits per heavy atom. The molecular formula is C12H17NO2. The zero-order valence-corrected chi connectivity index (χ0v) is 9.27. The minimum absolute atomic E-state index is 0.139. The van der Waals surface area contributed by atoms with E-state index in [2.05, 4.69) is 0 Å². The van der Waals surface area contributed by atoms with Crippen LogP contribution < -0.4 is 4.90 Å². The number of esters is 1. The molecule has 3 nitrogen and oxygen atoms in total. The number of anilines is 1. The Labute approximate surface area is 90.7 Å². The molecule has 0 aliphatic heterocycles. The van der Waals surface area contributed by atoms with Crippen molar-refractivity contribution in [3.63, 3.8) is 0 Å². The minimum atomic E-state index is -0.139. The SMILES string of the molecule is CCOC(=O)CCN(C)c1ccccc1. The first kappa shape index (κ1) is 11.6. The molecule has 0 unspecified atom stereocenters. The number of carbonyl (C=O) groups excluding carboxylic acids is 1. The second-order valence-corrected chi connectivity index (χ2v) is 3.31. The zero-order chi connectivity index (χ0) is 11.1. The van der Waals surface area contributed by atoms with Gasteiger partial charge in [-0.15, -0.1) is 0 Å². The molecule has 0 radical (unpaired) electrons. The van der Waals surface area contributed by atoms with E-state index in [4.69, 9.17) is 4.74 Å². The van der Waals surface area contributed by atoms with Crippen molar-refractivity contribution in [3.05, 3.63) is 30.3 Å². The van der Waals surface area contributed by atoms with Gasteiger partial charge in [-0.25, -0.2) is 0 Å². The van der Waals surface area contributed by atoms with Gasteiger partial charge in [-0.3, -0.25) is 4.79 Å². The Bertz CT molecular complexity index is 298. The van der Waals surface area contributed by atoms with E-state index in [1.165, 1.54) is 0 Å². The van der Waals surface area contributed by atoms with Gasteiger partial charge >= 0.3 is 5.97 Å². The Morgan fingerprint density at radius 1 is 1.33 bits per heavy atom. The van der Waals surface area contributed by atoms with E-state index in [1.807, 2.05) is 49.2 Å². The van der Waals surface area contributed by atoms with E-state index in [0.29, 0.717) is 19.6 Å². The molecule has 0 spiro atoms. The van der Waals surface area contributed by atoms with Crippen molar-refractivity contribution in [2.24, 2.45) is 0 Å². The largest absolute Gasteiger partial charge is 0.466 e. The monoisotopic (exact) mass is 207 g/mol. The van der Waals surface area contributed by atoms with Gasteiger partial charge in [-0.1, -0.05) is 18.2 Å². The van der Waals surface area contributed by atoms with Gasteiger partial charge in [-0.2, -0.15) is 0 Å². The maximum absolute atomic E-state index is 11.1. The number of benzene rings is 1. The van der Waals surface area contributed by atoms with Crippen molar-refractivity contribution in [2.75, 3.05) is 25.1 Å². The van der Waals surface area contributed by atoms with Gasteiger partial charge in [0.15, 0.2) is 0 Å². The molecule has 0 heterocycles. The number of carbonyl (C=O) groups is 1. The van der Waals surface area contributed by atoms with Crippen molar-refractivity contribution < 1.29 is 9.53 Å². The van der Waals surface area contributed by atoms with Gasteiger partial charge in [-0.05, 0) is 19.1 Å². The van der Waals surface area contributed by atoms with Crippen LogP contribution in [0.25, 0.3) is 0 Å². The van der Waals surface area contributed by atoms with Crippen LogP contribution in [0.4, 0.5) is 5.69 Å². The second-order valence-electron chi connectivity index (χ2n) is 3.31. The van der Waals surface area contributed by atoms with Gasteiger partial charge in [0.1, 0.15) is 0 Å². The number of ether oxygens (including phenoxy) is 1. The number of rotatable bonds is 5. The highest BCUT2D eigenvalue weighted by Crippen LogP contribution is 2.10. The fourth-order valence-electron chi connectivity index (χ4n) is 1.30. The van der Waals surface area contributed by atoms with Gasteiger partial charge in [0.25, 0.3) is 0 Å². The first-order chi connectivity index (χ1) is 7.24. The normalized spacial score (nSPS) is 9.73. The van der Waals surface area contributed by atoms with Gasteiger partial charge in [0.05, 0.1) is 13.0 Å². The zero-order valence-electron chi connectivity index (χ0n) is 9.27. The predicted octanol–water partition coefficient (Wildman–Crippen LogP) is 2.08. The summed E-state index contributed by atoms with van der Waals surface area (Å²) in [6.07, 6.45) is 0.430. The summed E-state index contributed by atoms with van der Waals surface area (Å²) in [7, 11) is 1.97. The van der Waals surface area contributed by atoms with Crippen LogP contribution in [0, 0.1) is 0 Å². The van der Waals surface area contributed by atoms with Crippen LogP contribution >= 0.6 is 0 Å². The summed E-state index contributed by atoms with van der Waals surface area (Å²) < 4.78 is 4.86. The lowest BCUT2D eigenvalue weighted by Gasteiger charge is -2.18. The Balaban J connectivity index is 2.37. The first-order valence-electron chi connectivity index (χ1n) is 5.16. The molecular weight excluding hydrogens is 190 g/mol. The molecule has 3 heteroatoms. The van der Waals surface area contributed by atoms with Crippen LogP contribution in [0.3, 0.4) is 0 Å². The van der Waals surface area contributed by atoms with Gasteiger partial charge in [0.2, 0.25) is 0 Å². The summed E-state index contributed by atoms with van der Waals surface area (Å²) in [4.78, 5) is 13.2. The summed E-state index contributed by atoms with van der Waals surface area (Å²) in [5, 5.41) is 0. The summed E-state index contributed by atoms with van der Waals surface area (Å²) in [5.41, 5.74) is 1.11. The highest BCUT2D eigenvalue weighted by atomic mass is 16.5. The van der Waals surface area contributed by atoms with Gasteiger partial charge in [0, 0.05) is 19.3 Å². The third kappa shape index (κ3) is 4.02. The summed E-state index contributed by atoms with van der Waals surface area (Å²) in [6, 6.07) is 9.98. The molecule has 82 valence electrons. The highest BCUT2D eigenvalue weighted by molar-refractivity contribution is 5.70. The molecule has 0 saturated carbocycles. The smallest absolute Gasteiger partial charge is 0.307 e. The third-order valence-electron chi connectivity index (χ3n) is 2.15. The Hall–Kier alpha value is -1.51. The lowest BCUT2D eigenvalue weighted by atomic mass is 10.3. The molecule has 0 fully saturated rings. The lowest BCUT2D eigenvalue weighted by molar-refractivity contribution is -0.142. The molecule has 0 N–H and O–H groups in total. The van der Waals surface area contributed by atoms with E-state index < -0.39 is 0 Å². The number of nitrogens with zero attached hydrogens (tertiary/aromatic N) is 1. The van der Waals surface area contributed by atoms with Crippen LogP contribution in [0.1, 0.15) is 13.3 Å². The van der Waals surface area contributed by atoms with Crippen LogP contribution in [0.15, 0.2) is 30.3 Å². The van der Waals surface area contributed by atoms with E-state index in [0.717, 1.165) is 5.69 Å². The van der Waals surface area contributed by atoms with Crippen molar-refractivity contribution in [1.29, 1.82) is 0 Å². The Kier molecular flexibility index (Phi) is 4.68. The molecule has 15 heavy (non-hydrogen) atoms. The Morgan fingerprint density at radius 2 is 2.00 bits per heavy atom. The topological polar surface area (TPSA) is 29.5 Å². The van der Waals surface area contributed by atoms with Crippen molar-refractivity contribution in [1.82, 2.24) is 0 Å². The van der Waals surface area contributed by atoms with Crippen molar-refractivity contribution in [2.45, 2.75) is 13.3 Å². The summed E-state index contributed by atoms with van der Waals surface area (Å²) in [5.74, 6) is -0.139. The van der Waals surface area contributed by atoms with Gasteiger partial charge < -0.3 is 9.64 Å². The van der Waals surface area contributed by atoms with Crippen LogP contribution in [-0.4, -0.2) is 26.2 Å². The molecule has 1 rings (SSSR count). The third-order valence-corrected chi connectivity index (χ3v) is 2.15. The first-order valence-corrected chi connectivity index (χ1v) is 5.16. The van der Waals surface area contributed by atoms with E-state index in [-0.39, 0.29) is 5.97 Å². The minimum Gasteiger partial charge on any atom is -0.466 e. The van der Waals surface area contributed by atoms with Crippen LogP contribution in [-0.2, 0) is 9.53 Å². The van der Waals surface area contributed by atoms with Crippen LogP contribution in [0.5, 0.6) is 0 Å². The standard InChI is InChI=1S/C12H17NO2/c1-3-15-12(14)9-10-13(2)11-7-5-4-6-8-11/h4-8H,3,9-10H2,1-2H3. The average Bonchev–Trinajstić information content (AvgIpc) is 2.27. The molecule has 1 aromatic carbocycles. The molecule has 0 bridgehead atoms. The quantitative estimate of drug-likeness (QED) is 0.692. The molecule has 0 amide bonds. The van der Waals surface area contributed by atoms with Crippen molar-refractivity contribution in [3.8, 4) is 0 Å². The lowest BCUT2D eigenvalue weighted by Crippen LogP contribution is -2.21. The van der Waals surface area contributed by atoms with Crippen molar-refractivity contribution >= 4 is 11.7 Å². The summed E-state index contributed by atoms with van der Waals surface area (Å²) >= 11 is 0. The second kappa shape index (κ2) is 6.06. The average molecular weight is 207 g/mol. The fourth-order valence-corrected chi connectivity index (χ4v) is 1.30. The molecule has 0 aliphatic rings.